The predicted octanol–water partition coefficient (Wildman–Crippen LogP) is 4.70. The SMILES string of the molecule is N#Cc1ccc(-n2cccc2Cc2ccccc2)cc1Br. The van der Waals surface area contributed by atoms with Gasteiger partial charge in [0.05, 0.1) is 5.56 Å². The lowest BCUT2D eigenvalue weighted by Gasteiger charge is -2.10. The van der Waals surface area contributed by atoms with Gasteiger partial charge in [-0.1, -0.05) is 30.3 Å². The summed E-state index contributed by atoms with van der Waals surface area (Å²) in [5, 5.41) is 9.00. The van der Waals surface area contributed by atoms with Crippen molar-refractivity contribution < 1.29 is 0 Å². The molecule has 0 saturated carbocycles. The Morgan fingerprint density at radius 3 is 2.52 bits per heavy atom. The van der Waals surface area contributed by atoms with Gasteiger partial charge in [-0.2, -0.15) is 5.26 Å². The van der Waals surface area contributed by atoms with Gasteiger partial charge in [-0.25, -0.2) is 0 Å². The molecule has 3 rings (SSSR count). The summed E-state index contributed by atoms with van der Waals surface area (Å²) in [6.45, 7) is 0. The second kappa shape index (κ2) is 5.99. The molecule has 2 nitrogen and oxygen atoms in total. The molecule has 0 atom stereocenters. The molecule has 102 valence electrons. The first-order valence-electron chi connectivity index (χ1n) is 6.68. The molecule has 0 amide bonds. The molecule has 21 heavy (non-hydrogen) atoms. The van der Waals surface area contributed by atoms with Crippen molar-refractivity contribution in [2.45, 2.75) is 6.42 Å². The molecule has 0 spiro atoms. The van der Waals surface area contributed by atoms with Gasteiger partial charge in [-0.15, -0.1) is 0 Å². The summed E-state index contributed by atoms with van der Waals surface area (Å²) in [6, 6.07) is 22.5. The standard InChI is InChI=1S/C18H13BrN2/c19-18-12-17(9-8-15(18)13-20)21-10-4-7-16(21)11-14-5-2-1-3-6-14/h1-10,12H,11H2. The van der Waals surface area contributed by atoms with E-state index in [9.17, 15) is 0 Å². The van der Waals surface area contributed by atoms with Gasteiger partial charge in [0.15, 0.2) is 0 Å². The maximum atomic E-state index is 9.00. The van der Waals surface area contributed by atoms with Crippen LogP contribution in [0, 0.1) is 11.3 Å². The van der Waals surface area contributed by atoms with Crippen LogP contribution in [0.15, 0.2) is 71.3 Å². The largest absolute Gasteiger partial charge is 0.321 e. The second-order valence-electron chi connectivity index (χ2n) is 4.81. The molecule has 0 radical (unpaired) electrons. The van der Waals surface area contributed by atoms with Crippen LogP contribution in [0.25, 0.3) is 5.69 Å². The first-order chi connectivity index (χ1) is 10.3. The predicted molar refractivity (Wildman–Crippen MR) is 87.4 cm³/mol. The fourth-order valence-corrected chi connectivity index (χ4v) is 2.82. The van der Waals surface area contributed by atoms with Crippen molar-refractivity contribution in [2.75, 3.05) is 0 Å². The Hall–Kier alpha value is -2.31. The van der Waals surface area contributed by atoms with Gasteiger partial charge in [0.25, 0.3) is 0 Å². The summed E-state index contributed by atoms with van der Waals surface area (Å²) >= 11 is 3.45. The number of aromatic nitrogens is 1. The Kier molecular flexibility index (Phi) is 3.89. The molecular weight excluding hydrogens is 324 g/mol. The second-order valence-corrected chi connectivity index (χ2v) is 5.66. The number of hydrogen-bond donors (Lipinski definition) is 0. The van der Waals surface area contributed by atoms with Crippen LogP contribution in [0.3, 0.4) is 0 Å². The van der Waals surface area contributed by atoms with Gasteiger partial charge in [-0.3, -0.25) is 0 Å². The Labute approximate surface area is 132 Å². The van der Waals surface area contributed by atoms with Crippen LogP contribution >= 0.6 is 15.9 Å². The van der Waals surface area contributed by atoms with Gasteiger partial charge in [0, 0.05) is 28.5 Å². The van der Waals surface area contributed by atoms with E-state index >= 15 is 0 Å². The van der Waals surface area contributed by atoms with Crippen molar-refractivity contribution in [3.63, 3.8) is 0 Å². The molecule has 1 heterocycles. The summed E-state index contributed by atoms with van der Waals surface area (Å²) < 4.78 is 2.97. The van der Waals surface area contributed by atoms with Crippen LogP contribution in [0.5, 0.6) is 0 Å². The Morgan fingerprint density at radius 1 is 1.00 bits per heavy atom. The summed E-state index contributed by atoms with van der Waals surface area (Å²) in [5.74, 6) is 0. The van der Waals surface area contributed by atoms with E-state index in [0.717, 1.165) is 16.6 Å². The van der Waals surface area contributed by atoms with Gasteiger partial charge in [0.1, 0.15) is 6.07 Å². The molecule has 1 aromatic heterocycles. The van der Waals surface area contributed by atoms with Crippen molar-refractivity contribution in [3.05, 3.63) is 88.2 Å². The molecular formula is C18H13BrN2. The van der Waals surface area contributed by atoms with Crippen molar-refractivity contribution >= 4 is 15.9 Å². The van der Waals surface area contributed by atoms with E-state index in [1.54, 1.807) is 0 Å². The highest BCUT2D eigenvalue weighted by Crippen LogP contribution is 2.22. The van der Waals surface area contributed by atoms with Crippen LogP contribution in [0.2, 0.25) is 0 Å². The van der Waals surface area contributed by atoms with Gasteiger partial charge >= 0.3 is 0 Å². The van der Waals surface area contributed by atoms with Crippen LogP contribution < -0.4 is 0 Å². The number of halogens is 1. The van der Waals surface area contributed by atoms with Crippen molar-refractivity contribution in [1.29, 1.82) is 5.26 Å². The minimum atomic E-state index is 0.649. The maximum Gasteiger partial charge on any atom is 0.100 e. The van der Waals surface area contributed by atoms with Crippen molar-refractivity contribution in [3.8, 4) is 11.8 Å². The number of rotatable bonds is 3. The highest BCUT2D eigenvalue weighted by molar-refractivity contribution is 9.10. The average Bonchev–Trinajstić information content (AvgIpc) is 2.96. The highest BCUT2D eigenvalue weighted by atomic mass is 79.9. The van der Waals surface area contributed by atoms with E-state index < -0.39 is 0 Å². The number of nitriles is 1. The third kappa shape index (κ3) is 2.91. The van der Waals surface area contributed by atoms with Crippen LogP contribution in [0.1, 0.15) is 16.8 Å². The fraction of sp³-hybridized carbons (Fsp3) is 0.0556. The van der Waals surface area contributed by atoms with Crippen molar-refractivity contribution in [1.82, 2.24) is 4.57 Å². The quantitative estimate of drug-likeness (QED) is 0.681. The lowest BCUT2D eigenvalue weighted by atomic mass is 10.1. The summed E-state index contributed by atoms with van der Waals surface area (Å²) in [6.07, 6.45) is 2.93. The molecule has 2 aromatic carbocycles. The van der Waals surface area contributed by atoms with E-state index in [-0.39, 0.29) is 0 Å². The number of benzene rings is 2. The zero-order valence-electron chi connectivity index (χ0n) is 11.3. The molecule has 0 aliphatic carbocycles. The van der Waals surface area contributed by atoms with Gasteiger partial charge < -0.3 is 4.57 Å². The fourth-order valence-electron chi connectivity index (χ4n) is 2.36. The first-order valence-corrected chi connectivity index (χ1v) is 7.47. The lowest BCUT2D eigenvalue weighted by molar-refractivity contribution is 0.958. The molecule has 0 aliphatic heterocycles. The van der Waals surface area contributed by atoms with Crippen LogP contribution in [-0.2, 0) is 6.42 Å². The van der Waals surface area contributed by atoms with Crippen molar-refractivity contribution in [2.24, 2.45) is 0 Å². The normalized spacial score (nSPS) is 10.3. The highest BCUT2D eigenvalue weighted by Gasteiger charge is 2.06. The van der Waals surface area contributed by atoms with E-state index in [2.05, 4.69) is 56.9 Å². The monoisotopic (exact) mass is 336 g/mol. The van der Waals surface area contributed by atoms with Crippen LogP contribution in [-0.4, -0.2) is 4.57 Å². The Bertz CT molecular complexity index is 798. The van der Waals surface area contributed by atoms with E-state index in [1.165, 1.54) is 11.3 Å². The minimum Gasteiger partial charge on any atom is -0.321 e. The van der Waals surface area contributed by atoms with Gasteiger partial charge in [0.2, 0.25) is 0 Å². The Balaban J connectivity index is 1.96. The van der Waals surface area contributed by atoms with E-state index in [1.807, 2.05) is 36.5 Å². The van der Waals surface area contributed by atoms with E-state index in [0.29, 0.717) is 5.56 Å². The molecule has 0 unspecified atom stereocenters. The molecule has 3 heteroatoms. The third-order valence-corrected chi connectivity index (χ3v) is 4.07. The smallest absolute Gasteiger partial charge is 0.100 e. The summed E-state index contributed by atoms with van der Waals surface area (Å²) in [5.41, 5.74) is 4.20. The lowest BCUT2D eigenvalue weighted by Crippen LogP contribution is -2.00. The summed E-state index contributed by atoms with van der Waals surface area (Å²) in [4.78, 5) is 0. The zero-order valence-corrected chi connectivity index (χ0v) is 12.9. The molecule has 0 aliphatic rings. The number of hydrogen-bond acceptors (Lipinski definition) is 1. The summed E-state index contributed by atoms with van der Waals surface area (Å²) in [7, 11) is 0. The topological polar surface area (TPSA) is 28.7 Å². The van der Waals surface area contributed by atoms with Crippen LogP contribution in [0.4, 0.5) is 0 Å². The molecule has 0 bridgehead atoms. The average molecular weight is 337 g/mol. The maximum absolute atomic E-state index is 9.00. The molecule has 0 N–H and O–H groups in total. The Morgan fingerprint density at radius 2 is 1.81 bits per heavy atom. The number of nitrogens with zero attached hydrogens (tertiary/aromatic N) is 2. The third-order valence-electron chi connectivity index (χ3n) is 3.41. The molecule has 0 fully saturated rings. The molecule has 0 saturated heterocycles. The first kappa shape index (κ1) is 13.7. The van der Waals surface area contributed by atoms with E-state index in [4.69, 9.17) is 5.26 Å². The van der Waals surface area contributed by atoms with Gasteiger partial charge in [-0.05, 0) is 51.8 Å². The molecule has 3 aromatic rings. The minimum absolute atomic E-state index is 0.649. The zero-order chi connectivity index (χ0) is 14.7.